The number of rotatable bonds is 8. The molecule has 2 heterocycles. The summed E-state index contributed by atoms with van der Waals surface area (Å²) < 4.78 is 61.3. The van der Waals surface area contributed by atoms with Gasteiger partial charge in [-0.1, -0.05) is 0 Å². The minimum Gasteiger partial charge on any atom is -0.357 e. The van der Waals surface area contributed by atoms with Gasteiger partial charge in [0.1, 0.15) is 0 Å². The Labute approximate surface area is 193 Å². The molecule has 0 atom stereocenters. The molecule has 30 heavy (non-hydrogen) atoms. The number of hydrogen-bond acceptors (Lipinski definition) is 4. The van der Waals surface area contributed by atoms with Crippen LogP contribution in [0.2, 0.25) is 0 Å². The third kappa shape index (κ3) is 7.70. The molecule has 0 saturated carbocycles. The van der Waals surface area contributed by atoms with Crippen LogP contribution < -0.4 is 10.6 Å². The van der Waals surface area contributed by atoms with Crippen molar-refractivity contribution in [2.45, 2.75) is 44.5 Å². The third-order valence-corrected chi connectivity index (χ3v) is 6.76. The van der Waals surface area contributed by atoms with Crippen molar-refractivity contribution in [3.8, 4) is 0 Å². The SMILES string of the molecule is CCNC(=NCC1CCN(S(=O)(=O)C(F)(F)F)CC1)NCCCN1CCCC1=O.I. The van der Waals surface area contributed by atoms with Crippen molar-refractivity contribution >= 4 is 45.9 Å². The molecule has 2 rings (SSSR count). The summed E-state index contributed by atoms with van der Waals surface area (Å²) in [7, 11) is -5.24. The first-order valence-electron chi connectivity index (χ1n) is 10.0. The Morgan fingerprint density at radius 2 is 1.87 bits per heavy atom. The van der Waals surface area contributed by atoms with E-state index in [1.54, 1.807) is 0 Å². The Hall–Kier alpha value is -0.830. The molecule has 2 N–H and O–H groups in total. The van der Waals surface area contributed by atoms with Gasteiger partial charge >= 0.3 is 15.5 Å². The van der Waals surface area contributed by atoms with Gasteiger partial charge in [-0.3, -0.25) is 9.79 Å². The molecule has 13 heteroatoms. The molecule has 0 spiro atoms. The zero-order valence-corrected chi connectivity index (χ0v) is 20.2. The highest BCUT2D eigenvalue weighted by molar-refractivity contribution is 14.0. The first kappa shape index (κ1) is 27.2. The van der Waals surface area contributed by atoms with Crippen LogP contribution in [0.3, 0.4) is 0 Å². The number of guanidine groups is 1. The zero-order valence-electron chi connectivity index (χ0n) is 17.1. The van der Waals surface area contributed by atoms with Gasteiger partial charge in [0.15, 0.2) is 5.96 Å². The summed E-state index contributed by atoms with van der Waals surface area (Å²) in [4.78, 5) is 17.9. The predicted molar refractivity (Wildman–Crippen MR) is 119 cm³/mol. The summed E-state index contributed by atoms with van der Waals surface area (Å²) in [6.07, 6.45) is 3.02. The normalized spacial score (nSPS) is 19.7. The van der Waals surface area contributed by atoms with Crippen molar-refractivity contribution in [1.29, 1.82) is 0 Å². The van der Waals surface area contributed by atoms with Crippen molar-refractivity contribution in [3.63, 3.8) is 0 Å². The topological polar surface area (TPSA) is 94.1 Å². The van der Waals surface area contributed by atoms with Gasteiger partial charge in [0.25, 0.3) is 0 Å². The first-order chi connectivity index (χ1) is 13.6. The lowest BCUT2D eigenvalue weighted by molar-refractivity contribution is -0.127. The van der Waals surface area contributed by atoms with E-state index < -0.39 is 15.5 Å². The Morgan fingerprint density at radius 3 is 2.40 bits per heavy atom. The van der Waals surface area contributed by atoms with Crippen LogP contribution in [0.15, 0.2) is 4.99 Å². The highest BCUT2D eigenvalue weighted by Crippen LogP contribution is 2.30. The van der Waals surface area contributed by atoms with Gasteiger partial charge in [-0.25, -0.2) is 8.42 Å². The lowest BCUT2D eigenvalue weighted by atomic mass is 9.98. The maximum atomic E-state index is 12.6. The monoisotopic (exact) mass is 569 g/mol. The van der Waals surface area contributed by atoms with Crippen LogP contribution in [0.25, 0.3) is 0 Å². The number of halogens is 4. The third-order valence-electron chi connectivity index (χ3n) is 5.13. The number of nitrogens with one attached hydrogen (secondary N) is 2. The number of likely N-dealkylation sites (tertiary alicyclic amines) is 1. The second-order valence-electron chi connectivity index (χ2n) is 7.28. The molecule has 0 bridgehead atoms. The second kappa shape index (κ2) is 12.3. The number of carbonyl (C=O) groups is 1. The van der Waals surface area contributed by atoms with Crippen molar-refractivity contribution in [3.05, 3.63) is 0 Å². The number of sulfonamides is 1. The fraction of sp³-hybridized carbons (Fsp3) is 0.882. The molecule has 0 unspecified atom stereocenters. The van der Waals surface area contributed by atoms with E-state index in [0.29, 0.717) is 55.7 Å². The van der Waals surface area contributed by atoms with Crippen molar-refractivity contribution in [2.24, 2.45) is 10.9 Å². The molecule has 8 nitrogen and oxygen atoms in total. The fourth-order valence-corrected chi connectivity index (χ4v) is 4.44. The van der Waals surface area contributed by atoms with E-state index >= 15 is 0 Å². The lowest BCUT2D eigenvalue weighted by Gasteiger charge is -2.30. The minimum absolute atomic E-state index is 0. The van der Waals surface area contributed by atoms with E-state index in [1.165, 1.54) is 0 Å². The quantitative estimate of drug-likeness (QED) is 0.201. The molecule has 2 aliphatic heterocycles. The molecule has 0 aromatic heterocycles. The van der Waals surface area contributed by atoms with Gasteiger partial charge in [0.2, 0.25) is 5.91 Å². The van der Waals surface area contributed by atoms with Gasteiger partial charge < -0.3 is 15.5 Å². The average molecular weight is 569 g/mol. The summed E-state index contributed by atoms with van der Waals surface area (Å²) >= 11 is 0. The lowest BCUT2D eigenvalue weighted by Crippen LogP contribution is -2.45. The van der Waals surface area contributed by atoms with Crippen LogP contribution in [0.1, 0.15) is 39.0 Å². The number of aliphatic imine (C=N–C) groups is 1. The number of carbonyl (C=O) groups excluding carboxylic acids is 1. The van der Waals surface area contributed by atoms with E-state index in [4.69, 9.17) is 0 Å². The molecule has 1 amide bonds. The van der Waals surface area contributed by atoms with E-state index in [9.17, 15) is 26.4 Å². The van der Waals surface area contributed by atoms with Crippen LogP contribution in [-0.4, -0.2) is 80.8 Å². The van der Waals surface area contributed by atoms with Gasteiger partial charge in [0.05, 0.1) is 0 Å². The van der Waals surface area contributed by atoms with Gasteiger partial charge in [-0.05, 0) is 38.5 Å². The minimum atomic E-state index is -5.25. The van der Waals surface area contributed by atoms with Gasteiger partial charge in [-0.2, -0.15) is 17.5 Å². The first-order valence-corrected chi connectivity index (χ1v) is 11.5. The molecular weight excluding hydrogens is 538 g/mol. The van der Waals surface area contributed by atoms with Crippen molar-refractivity contribution < 1.29 is 26.4 Å². The van der Waals surface area contributed by atoms with Crippen molar-refractivity contribution in [2.75, 3.05) is 45.8 Å². The van der Waals surface area contributed by atoms with Gasteiger partial charge in [0, 0.05) is 52.2 Å². The molecule has 0 aromatic rings. The van der Waals surface area contributed by atoms with E-state index in [2.05, 4.69) is 15.6 Å². The van der Waals surface area contributed by atoms with Crippen LogP contribution in [0, 0.1) is 5.92 Å². The Morgan fingerprint density at radius 1 is 1.20 bits per heavy atom. The number of hydrogen-bond donors (Lipinski definition) is 2. The number of amides is 1. The largest absolute Gasteiger partial charge is 0.511 e. The number of nitrogens with zero attached hydrogens (tertiary/aromatic N) is 3. The van der Waals surface area contributed by atoms with Gasteiger partial charge in [-0.15, -0.1) is 24.0 Å². The highest BCUT2D eigenvalue weighted by Gasteiger charge is 2.50. The summed E-state index contributed by atoms with van der Waals surface area (Å²) in [6.45, 7) is 4.90. The Balaban J connectivity index is 0.00000450. The standard InChI is InChI=1S/C17H30F3N5O3S.HI/c1-2-21-16(22-8-4-10-24-9-3-5-15(24)26)23-13-14-6-11-25(12-7-14)29(27,28)17(18,19)20;/h14H,2-13H2,1H3,(H2,21,22,23);1H. The molecular formula is C17H31F3IN5O3S. The van der Waals surface area contributed by atoms with E-state index in [1.807, 2.05) is 11.8 Å². The maximum Gasteiger partial charge on any atom is 0.511 e. The Bertz CT molecular complexity index is 683. The molecule has 2 fully saturated rings. The smallest absolute Gasteiger partial charge is 0.357 e. The second-order valence-corrected chi connectivity index (χ2v) is 9.21. The van der Waals surface area contributed by atoms with Crippen LogP contribution >= 0.6 is 24.0 Å². The van der Waals surface area contributed by atoms with E-state index in [-0.39, 0.29) is 48.9 Å². The summed E-state index contributed by atoms with van der Waals surface area (Å²) in [5, 5.41) is 6.31. The van der Waals surface area contributed by atoms with Crippen LogP contribution in [0.5, 0.6) is 0 Å². The molecule has 0 radical (unpaired) electrons. The predicted octanol–water partition coefficient (Wildman–Crippen LogP) is 1.73. The zero-order chi connectivity index (χ0) is 21.5. The summed E-state index contributed by atoms with van der Waals surface area (Å²) in [6, 6.07) is 0. The molecule has 2 aliphatic rings. The van der Waals surface area contributed by atoms with Crippen molar-refractivity contribution in [1.82, 2.24) is 19.8 Å². The van der Waals surface area contributed by atoms with Crippen LogP contribution in [-0.2, 0) is 14.8 Å². The average Bonchev–Trinajstić information content (AvgIpc) is 3.07. The summed E-state index contributed by atoms with van der Waals surface area (Å²) in [5.41, 5.74) is -5.25. The molecule has 0 aromatic carbocycles. The number of piperidine rings is 1. The molecule has 2 saturated heterocycles. The fourth-order valence-electron chi connectivity index (χ4n) is 3.46. The molecule has 176 valence electrons. The molecule has 0 aliphatic carbocycles. The highest BCUT2D eigenvalue weighted by atomic mass is 127. The Kier molecular flexibility index (Phi) is 11.1. The maximum absolute atomic E-state index is 12.6. The van der Waals surface area contributed by atoms with Crippen LogP contribution in [0.4, 0.5) is 13.2 Å². The number of alkyl halides is 3. The van der Waals surface area contributed by atoms with E-state index in [0.717, 1.165) is 19.4 Å². The summed E-state index contributed by atoms with van der Waals surface area (Å²) in [5.74, 6) is 0.849.